The first-order chi connectivity index (χ1) is 13.2. The fourth-order valence-electron chi connectivity index (χ4n) is 5.13. The van der Waals surface area contributed by atoms with E-state index >= 15 is 0 Å². The number of hydrogen-bond acceptors (Lipinski definition) is 3. The molecule has 170 valence electrons. The molecule has 1 aliphatic carbocycles. The van der Waals surface area contributed by atoms with E-state index < -0.39 is 12.7 Å². The Morgan fingerprint density at radius 3 is 2.52 bits per heavy atom. The van der Waals surface area contributed by atoms with Crippen LogP contribution in [0.3, 0.4) is 0 Å². The molecule has 29 heavy (non-hydrogen) atoms. The number of nitrogens with one attached hydrogen (secondary N) is 2. The molecule has 0 aromatic heterocycles. The fraction of sp³-hybridized carbons (Fsp3) is 0.950. The van der Waals surface area contributed by atoms with Gasteiger partial charge in [-0.25, -0.2) is 0 Å². The number of nitrogens with zero attached hydrogens (tertiary/aromatic N) is 2. The predicted molar refractivity (Wildman–Crippen MR) is 120 cm³/mol. The van der Waals surface area contributed by atoms with Crippen molar-refractivity contribution in [2.24, 2.45) is 22.2 Å². The molecule has 5 nitrogen and oxygen atoms in total. The number of guanidine groups is 1. The first-order valence-corrected chi connectivity index (χ1v) is 10.7. The quantitative estimate of drug-likeness (QED) is 0.312. The number of fused-ring (bicyclic) bond motifs is 1. The van der Waals surface area contributed by atoms with Gasteiger partial charge in [0, 0.05) is 37.1 Å². The van der Waals surface area contributed by atoms with Gasteiger partial charge in [0.2, 0.25) is 0 Å². The number of hydrogen-bond donors (Lipinski definition) is 2. The van der Waals surface area contributed by atoms with Crippen molar-refractivity contribution in [3.63, 3.8) is 0 Å². The van der Waals surface area contributed by atoms with E-state index in [2.05, 4.69) is 31.4 Å². The number of ether oxygens (including phenoxy) is 1. The van der Waals surface area contributed by atoms with Crippen molar-refractivity contribution in [2.45, 2.75) is 64.8 Å². The van der Waals surface area contributed by atoms with Gasteiger partial charge in [0.1, 0.15) is 0 Å². The Morgan fingerprint density at radius 1 is 1.21 bits per heavy atom. The van der Waals surface area contributed by atoms with Crippen molar-refractivity contribution in [3.8, 4) is 0 Å². The standard InChI is InChI=1S/C20H35F3N4O.HI/c1-4-24-18(26-16-15-8-12-28-17(15)19(16,2)3)25-9-5-14-6-10-27(11-7-14)13-20(21,22)23;/h14-17H,4-13H2,1-3H3,(H2,24,25,26);1H. The Labute approximate surface area is 189 Å². The Morgan fingerprint density at radius 2 is 1.90 bits per heavy atom. The molecule has 0 amide bonds. The third-order valence-corrected chi connectivity index (χ3v) is 6.65. The van der Waals surface area contributed by atoms with Crippen LogP contribution in [0.15, 0.2) is 4.99 Å². The van der Waals surface area contributed by atoms with E-state index in [1.807, 2.05) is 0 Å². The summed E-state index contributed by atoms with van der Waals surface area (Å²) in [6.07, 6.45) is -0.0722. The molecule has 2 heterocycles. The van der Waals surface area contributed by atoms with Gasteiger partial charge in [0.25, 0.3) is 0 Å². The molecule has 0 aromatic rings. The molecule has 3 atom stereocenters. The van der Waals surface area contributed by atoms with Crippen LogP contribution in [0.25, 0.3) is 0 Å². The SMILES string of the molecule is CCNC(=NCCC1CCN(CC(F)(F)F)CC1)NC1C2CCOC2C1(C)C.I. The lowest BCUT2D eigenvalue weighted by Gasteiger charge is -2.54. The topological polar surface area (TPSA) is 48.9 Å². The van der Waals surface area contributed by atoms with Crippen molar-refractivity contribution in [3.05, 3.63) is 0 Å². The van der Waals surface area contributed by atoms with Crippen molar-refractivity contribution < 1.29 is 17.9 Å². The number of alkyl halides is 3. The monoisotopic (exact) mass is 532 g/mol. The van der Waals surface area contributed by atoms with E-state index in [0.717, 1.165) is 44.8 Å². The molecule has 3 rings (SSSR count). The van der Waals surface area contributed by atoms with Gasteiger partial charge >= 0.3 is 6.18 Å². The summed E-state index contributed by atoms with van der Waals surface area (Å²) in [4.78, 5) is 6.27. The van der Waals surface area contributed by atoms with Crippen molar-refractivity contribution >= 4 is 29.9 Å². The first-order valence-electron chi connectivity index (χ1n) is 10.7. The van der Waals surface area contributed by atoms with Gasteiger partial charge in [-0.3, -0.25) is 9.89 Å². The molecule has 0 radical (unpaired) electrons. The van der Waals surface area contributed by atoms with E-state index in [1.54, 1.807) is 0 Å². The van der Waals surface area contributed by atoms with Crippen LogP contribution in [0, 0.1) is 17.3 Å². The maximum absolute atomic E-state index is 12.5. The molecule has 3 fully saturated rings. The molecule has 3 aliphatic rings. The zero-order valence-electron chi connectivity index (χ0n) is 17.7. The molecule has 0 aromatic carbocycles. The van der Waals surface area contributed by atoms with Gasteiger partial charge in [-0.15, -0.1) is 24.0 Å². The summed E-state index contributed by atoms with van der Waals surface area (Å²) in [5.41, 5.74) is 0.0999. The van der Waals surface area contributed by atoms with Gasteiger partial charge in [-0.1, -0.05) is 13.8 Å². The number of piperidine rings is 1. The molecule has 2 aliphatic heterocycles. The van der Waals surface area contributed by atoms with Gasteiger partial charge in [-0.05, 0) is 51.6 Å². The van der Waals surface area contributed by atoms with E-state index in [-0.39, 0.29) is 29.4 Å². The van der Waals surface area contributed by atoms with Crippen LogP contribution in [0.2, 0.25) is 0 Å². The first kappa shape index (κ1) is 25.0. The molecule has 3 unspecified atom stereocenters. The van der Waals surface area contributed by atoms with Gasteiger partial charge in [0.15, 0.2) is 5.96 Å². The minimum Gasteiger partial charge on any atom is -0.377 e. The number of rotatable bonds is 6. The Balaban J connectivity index is 0.00000300. The van der Waals surface area contributed by atoms with Gasteiger partial charge in [-0.2, -0.15) is 13.2 Å². The number of halogens is 4. The minimum absolute atomic E-state index is 0. The molecule has 0 spiro atoms. The molecular formula is C20H36F3IN4O. The molecule has 9 heteroatoms. The van der Waals surface area contributed by atoms with E-state index in [9.17, 15) is 13.2 Å². The normalized spacial score (nSPS) is 30.3. The second-order valence-electron chi connectivity index (χ2n) is 9.07. The lowest BCUT2D eigenvalue weighted by atomic mass is 9.57. The highest BCUT2D eigenvalue weighted by Gasteiger charge is 2.59. The van der Waals surface area contributed by atoms with Crippen LogP contribution < -0.4 is 10.6 Å². The fourth-order valence-corrected chi connectivity index (χ4v) is 5.13. The maximum Gasteiger partial charge on any atom is 0.401 e. The summed E-state index contributed by atoms with van der Waals surface area (Å²) < 4.78 is 43.3. The zero-order chi connectivity index (χ0) is 20.4. The zero-order valence-corrected chi connectivity index (χ0v) is 20.1. The molecule has 0 bridgehead atoms. The summed E-state index contributed by atoms with van der Waals surface area (Å²) in [5, 5.41) is 6.95. The smallest absolute Gasteiger partial charge is 0.377 e. The second-order valence-corrected chi connectivity index (χ2v) is 9.07. The second kappa shape index (κ2) is 10.3. The average molecular weight is 532 g/mol. The molecular weight excluding hydrogens is 496 g/mol. The van der Waals surface area contributed by atoms with Crippen molar-refractivity contribution in [1.82, 2.24) is 15.5 Å². The van der Waals surface area contributed by atoms with Crippen molar-refractivity contribution in [1.29, 1.82) is 0 Å². The highest BCUT2D eigenvalue weighted by atomic mass is 127. The van der Waals surface area contributed by atoms with Crippen molar-refractivity contribution in [2.75, 3.05) is 39.3 Å². The van der Waals surface area contributed by atoms with E-state index in [0.29, 0.717) is 43.6 Å². The third kappa shape index (κ3) is 6.35. The number of aliphatic imine (C=N–C) groups is 1. The maximum atomic E-state index is 12.5. The average Bonchev–Trinajstić information content (AvgIpc) is 3.07. The van der Waals surface area contributed by atoms with Gasteiger partial charge < -0.3 is 15.4 Å². The summed E-state index contributed by atoms with van der Waals surface area (Å²) in [6.45, 7) is 9.19. The lowest BCUT2D eigenvalue weighted by Crippen LogP contribution is -2.68. The lowest BCUT2D eigenvalue weighted by molar-refractivity contribution is -0.148. The third-order valence-electron chi connectivity index (χ3n) is 6.65. The Bertz CT molecular complexity index is 550. The van der Waals surface area contributed by atoms with E-state index in [4.69, 9.17) is 9.73 Å². The molecule has 2 saturated heterocycles. The number of likely N-dealkylation sites (tertiary alicyclic amines) is 1. The van der Waals surface area contributed by atoms with Crippen LogP contribution in [0.4, 0.5) is 13.2 Å². The summed E-state index contributed by atoms with van der Waals surface area (Å²) in [6, 6.07) is 0.364. The highest BCUT2D eigenvalue weighted by Crippen LogP contribution is 2.52. The van der Waals surface area contributed by atoms with E-state index in [1.165, 1.54) is 4.90 Å². The highest BCUT2D eigenvalue weighted by molar-refractivity contribution is 14.0. The minimum atomic E-state index is -4.10. The summed E-state index contributed by atoms with van der Waals surface area (Å²) in [5.74, 6) is 1.86. The summed E-state index contributed by atoms with van der Waals surface area (Å²) >= 11 is 0. The summed E-state index contributed by atoms with van der Waals surface area (Å²) in [7, 11) is 0. The van der Waals surface area contributed by atoms with Crippen LogP contribution >= 0.6 is 24.0 Å². The van der Waals surface area contributed by atoms with Gasteiger partial charge in [0.05, 0.1) is 12.6 Å². The Kier molecular flexibility index (Phi) is 8.91. The molecule has 2 N–H and O–H groups in total. The Hall–Kier alpha value is -0.290. The predicted octanol–water partition coefficient (Wildman–Crippen LogP) is 3.64. The van der Waals surface area contributed by atoms with Crippen LogP contribution in [-0.2, 0) is 4.74 Å². The van der Waals surface area contributed by atoms with Crippen LogP contribution in [-0.4, -0.2) is 68.5 Å². The molecule has 1 saturated carbocycles. The van der Waals surface area contributed by atoms with Crippen LogP contribution in [0.1, 0.15) is 46.5 Å². The largest absolute Gasteiger partial charge is 0.401 e. The van der Waals surface area contributed by atoms with Crippen LogP contribution in [0.5, 0.6) is 0 Å².